The summed E-state index contributed by atoms with van der Waals surface area (Å²) in [5.74, 6) is 10.2. The summed E-state index contributed by atoms with van der Waals surface area (Å²) in [5.41, 5.74) is 0.462. The van der Waals surface area contributed by atoms with E-state index in [-0.39, 0.29) is 10.8 Å². The molecule has 0 N–H and O–H groups in total. The summed E-state index contributed by atoms with van der Waals surface area (Å²) in [6, 6.07) is 0. The minimum Gasteiger partial charge on any atom is -0.436 e. The standard InChI is InChI=1S/C30H40O3/c1-5-7-8-9-10-11-12-27(32)33-30(6-2)20-17-26-24-14-13-22-21-23(31)15-18-28(22,3)25(24)16-19-29(26,30)4/h2,21,24-26H,5,7-10,13-20H2,1,3-4H3/t24-,25+,26+,28+,29+,30+/m1/s1. The van der Waals surface area contributed by atoms with E-state index in [4.69, 9.17) is 11.2 Å². The lowest BCUT2D eigenvalue weighted by atomic mass is 9.46. The van der Waals surface area contributed by atoms with Crippen molar-refractivity contribution in [1.29, 1.82) is 0 Å². The van der Waals surface area contributed by atoms with Crippen LogP contribution in [0.25, 0.3) is 0 Å². The second kappa shape index (κ2) is 9.33. The molecular formula is C30H40O3. The number of hydrogen-bond donors (Lipinski definition) is 0. The molecule has 3 heteroatoms. The van der Waals surface area contributed by atoms with Crippen LogP contribution < -0.4 is 0 Å². The summed E-state index contributed by atoms with van der Waals surface area (Å²) in [6.07, 6.45) is 21.0. The molecule has 3 nitrogen and oxygen atoms in total. The topological polar surface area (TPSA) is 43.4 Å². The van der Waals surface area contributed by atoms with Crippen molar-refractivity contribution >= 4 is 11.8 Å². The van der Waals surface area contributed by atoms with Crippen LogP contribution in [-0.4, -0.2) is 17.4 Å². The van der Waals surface area contributed by atoms with Crippen molar-refractivity contribution in [2.75, 3.05) is 0 Å². The number of carbonyl (C=O) groups excluding carboxylic acids is 2. The number of allylic oxidation sites excluding steroid dienone is 1. The number of carbonyl (C=O) groups is 2. The predicted octanol–water partition coefficient (Wildman–Crippen LogP) is 6.41. The molecule has 4 aliphatic carbocycles. The molecule has 33 heavy (non-hydrogen) atoms. The van der Waals surface area contributed by atoms with Gasteiger partial charge in [0.15, 0.2) is 11.4 Å². The molecule has 3 saturated carbocycles. The van der Waals surface area contributed by atoms with Gasteiger partial charge in [-0.1, -0.05) is 57.4 Å². The third-order valence-electron chi connectivity index (χ3n) is 9.93. The van der Waals surface area contributed by atoms with Gasteiger partial charge in [0.1, 0.15) is 0 Å². The molecule has 0 aliphatic heterocycles. The van der Waals surface area contributed by atoms with Gasteiger partial charge in [0.2, 0.25) is 0 Å². The fourth-order valence-electron chi connectivity index (χ4n) is 7.95. The van der Waals surface area contributed by atoms with Crippen molar-refractivity contribution in [1.82, 2.24) is 0 Å². The minimum absolute atomic E-state index is 0.138. The molecule has 0 amide bonds. The number of terminal acetylenes is 1. The molecule has 0 spiro atoms. The molecule has 0 bridgehead atoms. The molecule has 4 rings (SSSR count). The van der Waals surface area contributed by atoms with E-state index in [0.717, 1.165) is 64.2 Å². The number of ketones is 1. The zero-order valence-corrected chi connectivity index (χ0v) is 20.8. The second-order valence-electron chi connectivity index (χ2n) is 11.4. The Hall–Kier alpha value is -2.00. The first-order chi connectivity index (χ1) is 15.8. The van der Waals surface area contributed by atoms with Crippen molar-refractivity contribution in [3.8, 4) is 24.2 Å². The van der Waals surface area contributed by atoms with Gasteiger partial charge in [-0.2, -0.15) is 0 Å². The summed E-state index contributed by atoms with van der Waals surface area (Å²) < 4.78 is 6.07. The zero-order chi connectivity index (χ0) is 23.7. The van der Waals surface area contributed by atoms with Gasteiger partial charge in [-0.15, -0.1) is 6.42 Å². The summed E-state index contributed by atoms with van der Waals surface area (Å²) in [6.45, 7) is 6.85. The number of esters is 1. The van der Waals surface area contributed by atoms with Crippen molar-refractivity contribution in [2.24, 2.45) is 28.6 Å². The van der Waals surface area contributed by atoms with Gasteiger partial charge in [0, 0.05) is 24.2 Å². The highest BCUT2D eigenvalue weighted by Crippen LogP contribution is 2.68. The van der Waals surface area contributed by atoms with Crippen LogP contribution in [-0.2, 0) is 14.3 Å². The quantitative estimate of drug-likeness (QED) is 0.211. The molecule has 178 valence electrons. The Morgan fingerprint density at radius 3 is 2.64 bits per heavy atom. The largest absolute Gasteiger partial charge is 0.436 e. The van der Waals surface area contributed by atoms with Crippen molar-refractivity contribution < 1.29 is 14.3 Å². The minimum atomic E-state index is -0.851. The van der Waals surface area contributed by atoms with Gasteiger partial charge in [-0.3, -0.25) is 4.79 Å². The molecule has 0 saturated heterocycles. The number of ether oxygens (including phenoxy) is 1. The Kier molecular flexibility index (Phi) is 6.82. The Morgan fingerprint density at radius 1 is 1.09 bits per heavy atom. The van der Waals surface area contributed by atoms with E-state index in [1.54, 1.807) is 0 Å². The van der Waals surface area contributed by atoms with Crippen LogP contribution in [0.15, 0.2) is 11.6 Å². The Labute approximate surface area is 200 Å². The van der Waals surface area contributed by atoms with Gasteiger partial charge in [-0.25, -0.2) is 4.79 Å². The van der Waals surface area contributed by atoms with E-state index >= 15 is 0 Å². The predicted molar refractivity (Wildman–Crippen MR) is 131 cm³/mol. The average molecular weight is 449 g/mol. The van der Waals surface area contributed by atoms with Gasteiger partial charge >= 0.3 is 5.97 Å². The highest BCUT2D eigenvalue weighted by atomic mass is 16.6. The van der Waals surface area contributed by atoms with E-state index in [0.29, 0.717) is 30.0 Å². The summed E-state index contributed by atoms with van der Waals surface area (Å²) >= 11 is 0. The number of unbranched alkanes of at least 4 members (excludes halogenated alkanes) is 4. The number of fused-ring (bicyclic) bond motifs is 5. The maximum absolute atomic E-state index is 12.7. The number of hydrogen-bond acceptors (Lipinski definition) is 3. The summed E-state index contributed by atoms with van der Waals surface area (Å²) in [7, 11) is 0. The molecule has 0 radical (unpaired) electrons. The van der Waals surface area contributed by atoms with Crippen molar-refractivity contribution in [2.45, 2.75) is 110 Å². The molecule has 0 heterocycles. The van der Waals surface area contributed by atoms with Gasteiger partial charge in [-0.05, 0) is 80.6 Å². The van der Waals surface area contributed by atoms with Crippen LogP contribution in [0.2, 0.25) is 0 Å². The SMILES string of the molecule is C#C[C@]1(OC(=O)C#CCCCCCC)CC[C@H]2[C@@H]3CCC4=CC(=O)CC[C@]4(C)[C@H]3CC[C@@]21C. The maximum Gasteiger partial charge on any atom is 0.385 e. The Balaban J connectivity index is 1.49. The Bertz CT molecular complexity index is 926. The van der Waals surface area contributed by atoms with Gasteiger partial charge in [0.05, 0.1) is 0 Å². The maximum atomic E-state index is 12.7. The molecule has 0 unspecified atom stereocenters. The zero-order valence-electron chi connectivity index (χ0n) is 20.8. The highest BCUT2D eigenvalue weighted by molar-refractivity contribution is 5.91. The summed E-state index contributed by atoms with van der Waals surface area (Å²) in [4.78, 5) is 24.8. The van der Waals surface area contributed by atoms with Gasteiger partial charge in [0.25, 0.3) is 0 Å². The summed E-state index contributed by atoms with van der Waals surface area (Å²) in [5, 5.41) is 0. The second-order valence-corrected chi connectivity index (χ2v) is 11.4. The van der Waals surface area contributed by atoms with Crippen LogP contribution in [0.3, 0.4) is 0 Å². The fraction of sp³-hybridized carbons (Fsp3) is 0.733. The van der Waals surface area contributed by atoms with Crippen LogP contribution in [0, 0.1) is 52.8 Å². The smallest absolute Gasteiger partial charge is 0.385 e. The molecular weight excluding hydrogens is 408 g/mol. The van der Waals surface area contributed by atoms with E-state index in [9.17, 15) is 9.59 Å². The first-order valence-electron chi connectivity index (χ1n) is 13.2. The third kappa shape index (κ3) is 4.07. The van der Waals surface area contributed by atoms with E-state index in [1.165, 1.54) is 18.4 Å². The third-order valence-corrected chi connectivity index (χ3v) is 9.93. The molecule has 0 aromatic heterocycles. The van der Waals surface area contributed by atoms with Crippen LogP contribution in [0.1, 0.15) is 104 Å². The highest BCUT2D eigenvalue weighted by Gasteiger charge is 2.65. The molecule has 0 aromatic carbocycles. The van der Waals surface area contributed by atoms with Crippen LogP contribution >= 0.6 is 0 Å². The number of rotatable bonds is 5. The van der Waals surface area contributed by atoms with Crippen LogP contribution in [0.4, 0.5) is 0 Å². The fourth-order valence-corrected chi connectivity index (χ4v) is 7.95. The molecule has 6 atom stereocenters. The monoisotopic (exact) mass is 448 g/mol. The van der Waals surface area contributed by atoms with E-state index in [2.05, 4.69) is 38.5 Å². The lowest BCUT2D eigenvalue weighted by Gasteiger charge is -2.58. The van der Waals surface area contributed by atoms with Gasteiger partial charge < -0.3 is 4.74 Å². The van der Waals surface area contributed by atoms with E-state index in [1.807, 2.05) is 6.08 Å². The molecule has 3 fully saturated rings. The van der Waals surface area contributed by atoms with E-state index < -0.39 is 11.6 Å². The molecule has 0 aromatic rings. The van der Waals surface area contributed by atoms with Crippen LogP contribution in [0.5, 0.6) is 0 Å². The normalized spacial score (nSPS) is 39.2. The lowest BCUT2D eigenvalue weighted by molar-refractivity contribution is -0.164. The first kappa shape index (κ1) is 24.1. The van der Waals surface area contributed by atoms with Crippen molar-refractivity contribution in [3.05, 3.63) is 11.6 Å². The average Bonchev–Trinajstić information content (AvgIpc) is 3.09. The first-order valence-corrected chi connectivity index (χ1v) is 13.2. The Morgan fingerprint density at radius 2 is 1.88 bits per heavy atom. The lowest BCUT2D eigenvalue weighted by Crippen LogP contribution is -2.55. The van der Waals surface area contributed by atoms with Crippen molar-refractivity contribution in [3.63, 3.8) is 0 Å². The molecule has 4 aliphatic rings.